The zero-order chi connectivity index (χ0) is 12.1. The topological polar surface area (TPSA) is 105 Å². The Labute approximate surface area is 88.9 Å². The number of hydrogen-bond donors (Lipinski definition) is 2. The summed E-state index contributed by atoms with van der Waals surface area (Å²) in [6.07, 6.45) is -1.69. The summed E-state index contributed by atoms with van der Waals surface area (Å²) < 4.78 is 9.34. The van der Waals surface area contributed by atoms with Gasteiger partial charge in [-0.2, -0.15) is 0 Å². The van der Waals surface area contributed by atoms with Gasteiger partial charge in [0.2, 0.25) is 0 Å². The Balaban J connectivity index is 4.19. The normalized spacial score (nSPS) is 11.2. The minimum atomic E-state index is -0.844. The predicted octanol–water partition coefficient (Wildman–Crippen LogP) is 0.839. The number of carbonyl (C=O) groups excluding carboxylic acids is 2. The summed E-state index contributed by atoms with van der Waals surface area (Å²) in [6.45, 7) is 6.02. The highest BCUT2D eigenvalue weighted by molar-refractivity contribution is 5.65. The molecule has 0 aliphatic heterocycles. The smallest absolute Gasteiger partial charge is 0.404 e. The van der Waals surface area contributed by atoms with Crippen LogP contribution in [0, 0.1) is 11.3 Å². The maximum atomic E-state index is 10.4. The van der Waals surface area contributed by atoms with Crippen LogP contribution in [0.3, 0.4) is 0 Å². The van der Waals surface area contributed by atoms with E-state index in [-0.39, 0.29) is 24.5 Å². The molecule has 0 aliphatic rings. The average molecular weight is 218 g/mol. The monoisotopic (exact) mass is 218 g/mol. The summed E-state index contributed by atoms with van der Waals surface area (Å²) in [5.41, 5.74) is 9.52. The van der Waals surface area contributed by atoms with Crippen molar-refractivity contribution in [1.29, 1.82) is 0 Å². The van der Waals surface area contributed by atoms with E-state index in [1.807, 2.05) is 20.8 Å². The first-order valence-electron chi connectivity index (χ1n) is 4.58. The first kappa shape index (κ1) is 13.5. The van der Waals surface area contributed by atoms with Crippen molar-refractivity contribution in [2.45, 2.75) is 20.8 Å². The SMILES string of the molecule is CC(C)(C)C(COC(N)=O)COC(N)=O. The lowest BCUT2D eigenvalue weighted by Crippen LogP contribution is -2.33. The molecule has 6 nitrogen and oxygen atoms in total. The molecule has 0 saturated heterocycles. The number of carbonyl (C=O) groups is 2. The lowest BCUT2D eigenvalue weighted by Gasteiger charge is -2.29. The van der Waals surface area contributed by atoms with Crippen molar-refractivity contribution in [2.75, 3.05) is 13.2 Å². The highest BCUT2D eigenvalue weighted by Crippen LogP contribution is 2.26. The molecule has 0 saturated carbocycles. The summed E-state index contributed by atoms with van der Waals surface area (Å²) >= 11 is 0. The molecule has 0 atom stereocenters. The molecule has 2 amide bonds. The zero-order valence-corrected chi connectivity index (χ0v) is 9.28. The lowest BCUT2D eigenvalue weighted by atomic mass is 9.82. The van der Waals surface area contributed by atoms with E-state index in [9.17, 15) is 9.59 Å². The predicted molar refractivity (Wildman–Crippen MR) is 54.0 cm³/mol. The van der Waals surface area contributed by atoms with Gasteiger partial charge in [-0.05, 0) is 5.41 Å². The number of nitrogens with two attached hydrogens (primary N) is 2. The second kappa shape index (κ2) is 5.43. The minimum absolute atomic E-state index is 0.103. The molecule has 0 aliphatic carbocycles. The third kappa shape index (κ3) is 6.59. The van der Waals surface area contributed by atoms with Crippen molar-refractivity contribution >= 4 is 12.2 Å². The van der Waals surface area contributed by atoms with Crippen LogP contribution in [0.15, 0.2) is 0 Å². The van der Waals surface area contributed by atoms with Gasteiger partial charge in [0.15, 0.2) is 0 Å². The number of amides is 2. The number of primary amides is 2. The van der Waals surface area contributed by atoms with Gasteiger partial charge in [0.05, 0.1) is 13.2 Å². The molecular formula is C9H18N2O4. The van der Waals surface area contributed by atoms with Crippen LogP contribution in [-0.4, -0.2) is 25.4 Å². The Hall–Kier alpha value is -1.46. The largest absolute Gasteiger partial charge is 0.449 e. The van der Waals surface area contributed by atoms with E-state index in [0.29, 0.717) is 0 Å². The molecule has 0 radical (unpaired) electrons. The fraction of sp³-hybridized carbons (Fsp3) is 0.778. The van der Waals surface area contributed by atoms with Gasteiger partial charge in [-0.1, -0.05) is 20.8 Å². The molecule has 4 N–H and O–H groups in total. The second-order valence-electron chi connectivity index (χ2n) is 4.32. The van der Waals surface area contributed by atoms with E-state index in [1.165, 1.54) is 0 Å². The maximum Gasteiger partial charge on any atom is 0.404 e. The van der Waals surface area contributed by atoms with Gasteiger partial charge in [0.1, 0.15) is 0 Å². The minimum Gasteiger partial charge on any atom is -0.449 e. The van der Waals surface area contributed by atoms with Crippen LogP contribution >= 0.6 is 0 Å². The third-order valence-electron chi connectivity index (χ3n) is 2.08. The van der Waals surface area contributed by atoms with E-state index in [0.717, 1.165) is 0 Å². The maximum absolute atomic E-state index is 10.4. The van der Waals surface area contributed by atoms with E-state index in [2.05, 4.69) is 9.47 Å². The van der Waals surface area contributed by atoms with Gasteiger partial charge in [-0.25, -0.2) is 9.59 Å². The van der Waals surface area contributed by atoms with Gasteiger partial charge in [0, 0.05) is 5.92 Å². The van der Waals surface area contributed by atoms with Crippen molar-refractivity contribution in [3.63, 3.8) is 0 Å². The quantitative estimate of drug-likeness (QED) is 0.729. The molecule has 0 spiro atoms. The molecular weight excluding hydrogens is 200 g/mol. The van der Waals surface area contributed by atoms with Crippen molar-refractivity contribution in [3.8, 4) is 0 Å². The highest BCUT2D eigenvalue weighted by atomic mass is 16.6. The molecule has 0 aromatic heterocycles. The molecule has 0 fully saturated rings. The molecule has 0 aromatic rings. The van der Waals surface area contributed by atoms with Crippen LogP contribution in [0.1, 0.15) is 20.8 Å². The first-order chi connectivity index (χ1) is 6.73. The zero-order valence-electron chi connectivity index (χ0n) is 9.28. The fourth-order valence-corrected chi connectivity index (χ4v) is 0.914. The van der Waals surface area contributed by atoms with Crippen LogP contribution in [0.25, 0.3) is 0 Å². The van der Waals surface area contributed by atoms with Gasteiger partial charge in [-0.15, -0.1) is 0 Å². The fourth-order valence-electron chi connectivity index (χ4n) is 0.914. The molecule has 0 aromatic carbocycles. The van der Waals surface area contributed by atoms with Crippen LogP contribution < -0.4 is 11.5 Å². The molecule has 0 unspecified atom stereocenters. The van der Waals surface area contributed by atoms with Crippen LogP contribution in [0.4, 0.5) is 9.59 Å². The Morgan fingerprint density at radius 1 is 1.07 bits per heavy atom. The Bertz CT molecular complexity index is 217. The van der Waals surface area contributed by atoms with E-state index in [4.69, 9.17) is 11.5 Å². The summed E-state index contributed by atoms with van der Waals surface area (Å²) in [5, 5.41) is 0. The molecule has 15 heavy (non-hydrogen) atoms. The first-order valence-corrected chi connectivity index (χ1v) is 4.58. The number of hydrogen-bond acceptors (Lipinski definition) is 4. The Morgan fingerprint density at radius 3 is 1.60 bits per heavy atom. The summed E-state index contributed by atoms with van der Waals surface area (Å²) in [5.74, 6) is -0.141. The van der Waals surface area contributed by atoms with Crippen LogP contribution in [-0.2, 0) is 9.47 Å². The van der Waals surface area contributed by atoms with E-state index in [1.54, 1.807) is 0 Å². The van der Waals surface area contributed by atoms with Gasteiger partial charge in [-0.3, -0.25) is 0 Å². The van der Waals surface area contributed by atoms with Crippen molar-refractivity contribution in [2.24, 2.45) is 22.8 Å². The Morgan fingerprint density at radius 2 is 1.40 bits per heavy atom. The van der Waals surface area contributed by atoms with E-state index >= 15 is 0 Å². The number of ether oxygens (including phenoxy) is 2. The molecule has 0 heterocycles. The molecule has 0 bridgehead atoms. The summed E-state index contributed by atoms with van der Waals surface area (Å²) in [4.78, 5) is 20.9. The second-order valence-corrected chi connectivity index (χ2v) is 4.32. The van der Waals surface area contributed by atoms with Gasteiger partial charge in [0.25, 0.3) is 0 Å². The molecule has 6 heteroatoms. The lowest BCUT2D eigenvalue weighted by molar-refractivity contribution is 0.0469. The average Bonchev–Trinajstić information content (AvgIpc) is 2.00. The Kier molecular flexibility index (Phi) is 4.90. The van der Waals surface area contributed by atoms with Crippen molar-refractivity contribution < 1.29 is 19.1 Å². The molecule has 88 valence electrons. The number of rotatable bonds is 4. The summed E-state index contributed by atoms with van der Waals surface area (Å²) in [7, 11) is 0. The van der Waals surface area contributed by atoms with Gasteiger partial charge < -0.3 is 20.9 Å². The molecule has 0 rings (SSSR count). The third-order valence-corrected chi connectivity index (χ3v) is 2.08. The summed E-state index contributed by atoms with van der Waals surface area (Å²) in [6, 6.07) is 0. The highest BCUT2D eigenvalue weighted by Gasteiger charge is 2.27. The van der Waals surface area contributed by atoms with Gasteiger partial charge >= 0.3 is 12.2 Å². The van der Waals surface area contributed by atoms with E-state index < -0.39 is 12.2 Å². The van der Waals surface area contributed by atoms with Crippen LogP contribution in [0.5, 0.6) is 0 Å². The van der Waals surface area contributed by atoms with Crippen molar-refractivity contribution in [3.05, 3.63) is 0 Å². The van der Waals surface area contributed by atoms with Crippen molar-refractivity contribution in [1.82, 2.24) is 0 Å². The standard InChI is InChI=1S/C9H18N2O4/c1-9(2,3)6(4-14-7(10)12)5-15-8(11)13/h6H,4-5H2,1-3H3,(H2,10,12)(H2,11,13). The van der Waals surface area contributed by atoms with Crippen LogP contribution in [0.2, 0.25) is 0 Å².